The molecule has 1 saturated carbocycles. The molecular formula is C14H18F3N. The van der Waals surface area contributed by atoms with Crippen LogP contribution in [0.25, 0.3) is 0 Å². The molecule has 2 rings (SSSR count). The molecule has 100 valence electrons. The molecule has 1 N–H and O–H groups in total. The van der Waals surface area contributed by atoms with E-state index in [4.69, 9.17) is 0 Å². The minimum atomic E-state index is -4.27. The van der Waals surface area contributed by atoms with Crippen LogP contribution >= 0.6 is 0 Å². The van der Waals surface area contributed by atoms with Crippen LogP contribution in [0.1, 0.15) is 43.9 Å². The van der Waals surface area contributed by atoms with Crippen LogP contribution < -0.4 is 5.32 Å². The van der Waals surface area contributed by atoms with E-state index < -0.39 is 11.7 Å². The summed E-state index contributed by atoms with van der Waals surface area (Å²) in [5.74, 6) is 0.693. The van der Waals surface area contributed by atoms with E-state index >= 15 is 0 Å². The molecule has 0 heterocycles. The van der Waals surface area contributed by atoms with Crippen LogP contribution in [0, 0.1) is 5.92 Å². The van der Waals surface area contributed by atoms with Crippen molar-refractivity contribution >= 4 is 0 Å². The monoisotopic (exact) mass is 257 g/mol. The average Bonchev–Trinajstić information content (AvgIpc) is 3.11. The summed E-state index contributed by atoms with van der Waals surface area (Å²) in [6, 6.07) is 5.88. The predicted octanol–water partition coefficient (Wildman–Crippen LogP) is 4.15. The van der Waals surface area contributed by atoms with Gasteiger partial charge in [0.2, 0.25) is 0 Å². The largest absolute Gasteiger partial charge is 0.416 e. The lowest BCUT2D eigenvalue weighted by Gasteiger charge is -2.21. The van der Waals surface area contributed by atoms with E-state index in [0.717, 1.165) is 6.07 Å². The summed E-state index contributed by atoms with van der Waals surface area (Å²) in [4.78, 5) is 0. The van der Waals surface area contributed by atoms with Gasteiger partial charge in [0.05, 0.1) is 5.56 Å². The standard InChI is InChI=1S/C14H18F3N/c1-9(11-6-7-11)18-10(2)12-4-3-5-13(8-12)14(15,16)17/h3-5,8-11,18H,6-7H2,1-2H3. The highest BCUT2D eigenvalue weighted by molar-refractivity contribution is 5.27. The van der Waals surface area contributed by atoms with Crippen molar-refractivity contribution in [1.82, 2.24) is 5.32 Å². The fourth-order valence-electron chi connectivity index (χ4n) is 2.21. The maximum atomic E-state index is 12.6. The van der Waals surface area contributed by atoms with Gasteiger partial charge in [0.15, 0.2) is 0 Å². The highest BCUT2D eigenvalue weighted by Crippen LogP contribution is 2.34. The van der Waals surface area contributed by atoms with Crippen molar-refractivity contribution in [3.63, 3.8) is 0 Å². The van der Waals surface area contributed by atoms with Crippen molar-refractivity contribution in [2.24, 2.45) is 5.92 Å². The average molecular weight is 257 g/mol. The summed E-state index contributed by atoms with van der Waals surface area (Å²) in [5, 5.41) is 3.37. The number of benzene rings is 1. The molecule has 1 fully saturated rings. The van der Waals surface area contributed by atoms with Gasteiger partial charge in [-0.05, 0) is 50.3 Å². The minimum Gasteiger partial charge on any atom is -0.307 e. The fraction of sp³-hybridized carbons (Fsp3) is 0.571. The second kappa shape index (κ2) is 4.92. The normalized spacial score (nSPS) is 19.6. The Kier molecular flexibility index (Phi) is 3.66. The van der Waals surface area contributed by atoms with Gasteiger partial charge < -0.3 is 5.32 Å². The summed E-state index contributed by atoms with van der Waals surface area (Å²) >= 11 is 0. The second-order valence-corrected chi connectivity index (χ2v) is 5.14. The molecule has 0 amide bonds. The van der Waals surface area contributed by atoms with Crippen LogP contribution in [-0.4, -0.2) is 6.04 Å². The molecule has 18 heavy (non-hydrogen) atoms. The number of rotatable bonds is 4. The van der Waals surface area contributed by atoms with Crippen LogP contribution in [0.15, 0.2) is 24.3 Å². The van der Waals surface area contributed by atoms with Crippen LogP contribution in [0.2, 0.25) is 0 Å². The van der Waals surface area contributed by atoms with E-state index in [1.807, 2.05) is 6.92 Å². The third kappa shape index (κ3) is 3.25. The zero-order valence-electron chi connectivity index (χ0n) is 10.6. The van der Waals surface area contributed by atoms with E-state index in [2.05, 4.69) is 12.2 Å². The molecule has 4 heteroatoms. The Morgan fingerprint density at radius 3 is 2.44 bits per heavy atom. The zero-order chi connectivity index (χ0) is 13.3. The minimum absolute atomic E-state index is 0.0529. The molecule has 1 nitrogen and oxygen atoms in total. The molecule has 0 radical (unpaired) electrons. The molecule has 0 aromatic heterocycles. The molecule has 1 aliphatic rings. The molecule has 2 unspecified atom stereocenters. The lowest BCUT2D eigenvalue weighted by molar-refractivity contribution is -0.137. The smallest absolute Gasteiger partial charge is 0.307 e. The van der Waals surface area contributed by atoms with Crippen molar-refractivity contribution in [2.45, 2.75) is 44.9 Å². The van der Waals surface area contributed by atoms with Crippen molar-refractivity contribution in [1.29, 1.82) is 0 Å². The first-order valence-electron chi connectivity index (χ1n) is 6.31. The van der Waals surface area contributed by atoms with Crippen LogP contribution in [0.4, 0.5) is 13.2 Å². The van der Waals surface area contributed by atoms with Crippen LogP contribution in [-0.2, 0) is 6.18 Å². The summed E-state index contributed by atoms with van der Waals surface area (Å²) in [6.45, 7) is 4.01. The van der Waals surface area contributed by atoms with Crippen molar-refractivity contribution in [3.8, 4) is 0 Å². The number of alkyl halides is 3. The molecule has 0 bridgehead atoms. The van der Waals surface area contributed by atoms with E-state index in [9.17, 15) is 13.2 Å². The van der Waals surface area contributed by atoms with E-state index in [-0.39, 0.29) is 6.04 Å². The Bertz CT molecular complexity index is 410. The lowest BCUT2D eigenvalue weighted by atomic mass is 10.0. The van der Waals surface area contributed by atoms with Gasteiger partial charge in [-0.1, -0.05) is 12.1 Å². The molecular weight excluding hydrogens is 239 g/mol. The summed E-state index contributed by atoms with van der Waals surface area (Å²) < 4.78 is 37.8. The van der Waals surface area contributed by atoms with Crippen molar-refractivity contribution in [2.75, 3.05) is 0 Å². The topological polar surface area (TPSA) is 12.0 Å². The third-order valence-corrected chi connectivity index (χ3v) is 3.56. The summed E-state index contributed by atoms with van der Waals surface area (Å²) in [7, 11) is 0. The van der Waals surface area contributed by atoms with Gasteiger partial charge in [0.1, 0.15) is 0 Å². The number of hydrogen-bond acceptors (Lipinski definition) is 1. The van der Waals surface area contributed by atoms with E-state index in [1.165, 1.54) is 25.0 Å². The van der Waals surface area contributed by atoms with Crippen molar-refractivity contribution < 1.29 is 13.2 Å². The van der Waals surface area contributed by atoms with Gasteiger partial charge in [0.25, 0.3) is 0 Å². The third-order valence-electron chi connectivity index (χ3n) is 3.56. The van der Waals surface area contributed by atoms with E-state index in [0.29, 0.717) is 17.5 Å². The maximum Gasteiger partial charge on any atom is 0.416 e. The molecule has 1 aromatic carbocycles. The molecule has 1 aromatic rings. The lowest BCUT2D eigenvalue weighted by Crippen LogP contribution is -2.30. The van der Waals surface area contributed by atoms with Gasteiger partial charge in [-0.15, -0.1) is 0 Å². The molecule has 0 saturated heterocycles. The number of hydrogen-bond donors (Lipinski definition) is 1. The zero-order valence-corrected chi connectivity index (χ0v) is 10.6. The highest BCUT2D eigenvalue weighted by atomic mass is 19.4. The van der Waals surface area contributed by atoms with Gasteiger partial charge in [0, 0.05) is 12.1 Å². The Balaban J connectivity index is 2.07. The first kappa shape index (κ1) is 13.4. The van der Waals surface area contributed by atoms with Gasteiger partial charge in [-0.2, -0.15) is 13.2 Å². The molecule has 0 aliphatic heterocycles. The number of nitrogens with one attached hydrogen (secondary N) is 1. The van der Waals surface area contributed by atoms with Gasteiger partial charge in [-0.25, -0.2) is 0 Å². The summed E-state index contributed by atoms with van der Waals surface area (Å²) in [5.41, 5.74) is 0.116. The van der Waals surface area contributed by atoms with Crippen LogP contribution in [0.5, 0.6) is 0 Å². The first-order chi connectivity index (χ1) is 8.38. The first-order valence-corrected chi connectivity index (χ1v) is 6.31. The van der Waals surface area contributed by atoms with Gasteiger partial charge >= 0.3 is 6.18 Å². The molecule has 2 atom stereocenters. The van der Waals surface area contributed by atoms with Gasteiger partial charge in [-0.3, -0.25) is 0 Å². The SMILES string of the molecule is CC(NC(C)C1CC1)c1cccc(C(F)(F)F)c1. The predicted molar refractivity (Wildman–Crippen MR) is 65.2 cm³/mol. The Labute approximate surface area is 105 Å². The number of halogens is 3. The maximum absolute atomic E-state index is 12.6. The second-order valence-electron chi connectivity index (χ2n) is 5.14. The van der Waals surface area contributed by atoms with Crippen LogP contribution in [0.3, 0.4) is 0 Å². The summed E-state index contributed by atoms with van der Waals surface area (Å²) in [6.07, 6.45) is -1.81. The Morgan fingerprint density at radius 2 is 1.89 bits per heavy atom. The molecule has 0 spiro atoms. The Morgan fingerprint density at radius 1 is 1.22 bits per heavy atom. The fourth-order valence-corrected chi connectivity index (χ4v) is 2.21. The van der Waals surface area contributed by atoms with Crippen molar-refractivity contribution in [3.05, 3.63) is 35.4 Å². The quantitative estimate of drug-likeness (QED) is 0.854. The highest BCUT2D eigenvalue weighted by Gasteiger charge is 2.31. The van der Waals surface area contributed by atoms with E-state index in [1.54, 1.807) is 6.07 Å². The molecule has 1 aliphatic carbocycles. The Hall–Kier alpha value is -1.03.